The van der Waals surface area contributed by atoms with Crippen LogP contribution in [0.1, 0.15) is 26.3 Å². The maximum Gasteiger partial charge on any atom is 0.226 e. The largest absolute Gasteiger partial charge is 0.326 e. The molecule has 0 radical (unpaired) electrons. The Morgan fingerprint density at radius 2 is 1.88 bits per heavy atom. The molecule has 0 saturated heterocycles. The third-order valence-electron chi connectivity index (χ3n) is 2.32. The van der Waals surface area contributed by atoms with Crippen molar-refractivity contribution in [1.82, 2.24) is 5.32 Å². The molecule has 0 heterocycles. The number of rotatable bonds is 5. The standard InChI is InChI=1S/C13H20N2O/c1-4-14-9-11-5-7-12(8-6-11)15-13(16)10(2)3/h5-8,10,14H,4,9H2,1-3H3,(H,15,16). The molecular formula is C13H20N2O. The molecule has 16 heavy (non-hydrogen) atoms. The minimum Gasteiger partial charge on any atom is -0.326 e. The van der Waals surface area contributed by atoms with Gasteiger partial charge in [0.15, 0.2) is 0 Å². The van der Waals surface area contributed by atoms with Gasteiger partial charge in [0, 0.05) is 18.2 Å². The van der Waals surface area contributed by atoms with Crippen LogP contribution >= 0.6 is 0 Å². The van der Waals surface area contributed by atoms with E-state index in [0.29, 0.717) is 0 Å². The Hall–Kier alpha value is -1.35. The van der Waals surface area contributed by atoms with Crippen molar-refractivity contribution in [3.63, 3.8) is 0 Å². The van der Waals surface area contributed by atoms with Crippen molar-refractivity contribution < 1.29 is 4.79 Å². The van der Waals surface area contributed by atoms with Crippen LogP contribution < -0.4 is 10.6 Å². The summed E-state index contributed by atoms with van der Waals surface area (Å²) in [5.41, 5.74) is 2.09. The van der Waals surface area contributed by atoms with Crippen LogP contribution in [0, 0.1) is 5.92 Å². The predicted molar refractivity (Wildman–Crippen MR) is 67.3 cm³/mol. The summed E-state index contributed by atoms with van der Waals surface area (Å²) in [6.07, 6.45) is 0. The number of nitrogens with one attached hydrogen (secondary N) is 2. The molecular weight excluding hydrogens is 200 g/mol. The van der Waals surface area contributed by atoms with Crippen molar-refractivity contribution in [3.8, 4) is 0 Å². The first-order chi connectivity index (χ1) is 7.63. The molecule has 0 fully saturated rings. The fourth-order valence-electron chi connectivity index (χ4n) is 1.26. The van der Waals surface area contributed by atoms with E-state index in [0.717, 1.165) is 18.8 Å². The van der Waals surface area contributed by atoms with Crippen molar-refractivity contribution in [2.24, 2.45) is 5.92 Å². The first-order valence-electron chi connectivity index (χ1n) is 5.74. The summed E-state index contributed by atoms with van der Waals surface area (Å²) < 4.78 is 0. The second-order valence-corrected chi connectivity index (χ2v) is 4.12. The van der Waals surface area contributed by atoms with E-state index in [1.165, 1.54) is 5.56 Å². The summed E-state index contributed by atoms with van der Waals surface area (Å²) in [5, 5.41) is 6.12. The van der Waals surface area contributed by atoms with Gasteiger partial charge in [-0.15, -0.1) is 0 Å². The Morgan fingerprint density at radius 1 is 1.25 bits per heavy atom. The Labute approximate surface area is 97.2 Å². The number of hydrogen-bond acceptors (Lipinski definition) is 2. The van der Waals surface area contributed by atoms with Gasteiger partial charge in [-0.25, -0.2) is 0 Å². The van der Waals surface area contributed by atoms with E-state index in [1.807, 2.05) is 38.1 Å². The van der Waals surface area contributed by atoms with Gasteiger partial charge >= 0.3 is 0 Å². The Balaban J connectivity index is 2.54. The number of carbonyl (C=O) groups is 1. The quantitative estimate of drug-likeness (QED) is 0.800. The van der Waals surface area contributed by atoms with Crippen LogP contribution in [0.4, 0.5) is 5.69 Å². The highest BCUT2D eigenvalue weighted by Crippen LogP contribution is 2.10. The summed E-state index contributed by atoms with van der Waals surface area (Å²) in [6, 6.07) is 7.93. The van der Waals surface area contributed by atoms with Gasteiger partial charge in [-0.1, -0.05) is 32.9 Å². The van der Waals surface area contributed by atoms with E-state index >= 15 is 0 Å². The number of amides is 1. The fraction of sp³-hybridized carbons (Fsp3) is 0.462. The maximum absolute atomic E-state index is 11.4. The zero-order valence-corrected chi connectivity index (χ0v) is 10.2. The van der Waals surface area contributed by atoms with E-state index in [4.69, 9.17) is 0 Å². The number of carbonyl (C=O) groups excluding carboxylic acids is 1. The third kappa shape index (κ3) is 4.03. The molecule has 1 rings (SSSR count). The van der Waals surface area contributed by atoms with Crippen LogP contribution in [0.5, 0.6) is 0 Å². The molecule has 0 spiro atoms. The maximum atomic E-state index is 11.4. The lowest BCUT2D eigenvalue weighted by molar-refractivity contribution is -0.118. The molecule has 0 aromatic heterocycles. The lowest BCUT2D eigenvalue weighted by Crippen LogP contribution is -2.17. The van der Waals surface area contributed by atoms with Crippen molar-refractivity contribution in [2.45, 2.75) is 27.3 Å². The Kier molecular flexibility index (Phi) is 4.99. The van der Waals surface area contributed by atoms with Crippen molar-refractivity contribution in [3.05, 3.63) is 29.8 Å². The van der Waals surface area contributed by atoms with Crippen LogP contribution in [0.15, 0.2) is 24.3 Å². The lowest BCUT2D eigenvalue weighted by atomic mass is 10.1. The average Bonchev–Trinajstić information content (AvgIpc) is 2.28. The molecule has 1 aromatic carbocycles. The molecule has 1 amide bonds. The smallest absolute Gasteiger partial charge is 0.226 e. The summed E-state index contributed by atoms with van der Waals surface area (Å²) in [7, 11) is 0. The Bertz CT molecular complexity index is 330. The highest BCUT2D eigenvalue weighted by molar-refractivity contribution is 5.91. The summed E-state index contributed by atoms with van der Waals surface area (Å²) in [6.45, 7) is 7.68. The van der Waals surface area contributed by atoms with Gasteiger partial charge in [-0.2, -0.15) is 0 Å². The summed E-state index contributed by atoms with van der Waals surface area (Å²) in [5.74, 6) is 0.0702. The highest BCUT2D eigenvalue weighted by atomic mass is 16.1. The van der Waals surface area contributed by atoms with Crippen LogP contribution in [-0.4, -0.2) is 12.5 Å². The van der Waals surface area contributed by atoms with E-state index in [9.17, 15) is 4.79 Å². The van der Waals surface area contributed by atoms with Crippen molar-refractivity contribution in [2.75, 3.05) is 11.9 Å². The lowest BCUT2D eigenvalue weighted by Gasteiger charge is -2.08. The van der Waals surface area contributed by atoms with Crippen LogP contribution in [-0.2, 0) is 11.3 Å². The van der Waals surface area contributed by atoms with E-state index in [1.54, 1.807) is 0 Å². The number of hydrogen-bond donors (Lipinski definition) is 2. The first-order valence-corrected chi connectivity index (χ1v) is 5.74. The van der Waals surface area contributed by atoms with Gasteiger partial charge in [0.1, 0.15) is 0 Å². The molecule has 0 aliphatic rings. The summed E-state index contributed by atoms with van der Waals surface area (Å²) >= 11 is 0. The van der Waals surface area contributed by atoms with Crippen LogP contribution in [0.2, 0.25) is 0 Å². The normalized spacial score (nSPS) is 10.5. The molecule has 0 saturated carbocycles. The summed E-state index contributed by atoms with van der Waals surface area (Å²) in [4.78, 5) is 11.4. The monoisotopic (exact) mass is 220 g/mol. The van der Waals surface area contributed by atoms with Gasteiger partial charge in [0.25, 0.3) is 0 Å². The van der Waals surface area contributed by atoms with E-state index in [2.05, 4.69) is 17.6 Å². The number of benzene rings is 1. The third-order valence-corrected chi connectivity index (χ3v) is 2.32. The molecule has 3 nitrogen and oxygen atoms in total. The minimum absolute atomic E-state index is 0.0152. The molecule has 0 bridgehead atoms. The van der Waals surface area contributed by atoms with E-state index < -0.39 is 0 Å². The molecule has 1 aromatic rings. The molecule has 0 unspecified atom stereocenters. The second-order valence-electron chi connectivity index (χ2n) is 4.12. The molecule has 88 valence electrons. The van der Waals surface area contributed by atoms with E-state index in [-0.39, 0.29) is 11.8 Å². The first kappa shape index (κ1) is 12.7. The zero-order valence-electron chi connectivity index (χ0n) is 10.2. The molecule has 0 atom stereocenters. The second kappa shape index (κ2) is 6.28. The van der Waals surface area contributed by atoms with Gasteiger partial charge in [0.05, 0.1) is 0 Å². The number of anilines is 1. The van der Waals surface area contributed by atoms with Crippen molar-refractivity contribution in [1.29, 1.82) is 0 Å². The molecule has 0 aliphatic carbocycles. The molecule has 0 aliphatic heterocycles. The van der Waals surface area contributed by atoms with Crippen molar-refractivity contribution >= 4 is 11.6 Å². The predicted octanol–water partition coefficient (Wildman–Crippen LogP) is 2.39. The fourth-order valence-corrected chi connectivity index (χ4v) is 1.26. The topological polar surface area (TPSA) is 41.1 Å². The van der Waals surface area contributed by atoms with Crippen LogP contribution in [0.25, 0.3) is 0 Å². The highest BCUT2D eigenvalue weighted by Gasteiger charge is 2.06. The van der Waals surface area contributed by atoms with Gasteiger partial charge < -0.3 is 10.6 Å². The van der Waals surface area contributed by atoms with Gasteiger partial charge in [0.2, 0.25) is 5.91 Å². The Morgan fingerprint density at radius 3 is 2.38 bits per heavy atom. The molecule has 3 heteroatoms. The minimum atomic E-state index is 0.0152. The van der Waals surface area contributed by atoms with Crippen LogP contribution in [0.3, 0.4) is 0 Å². The van der Waals surface area contributed by atoms with Gasteiger partial charge in [-0.05, 0) is 24.2 Å². The zero-order chi connectivity index (χ0) is 12.0. The molecule has 2 N–H and O–H groups in total. The SMILES string of the molecule is CCNCc1ccc(NC(=O)C(C)C)cc1. The van der Waals surface area contributed by atoms with Gasteiger partial charge in [-0.3, -0.25) is 4.79 Å². The average molecular weight is 220 g/mol.